The molecule has 1 aromatic rings. The zero-order valence-corrected chi connectivity index (χ0v) is 11.8. The monoisotopic (exact) mass is 282 g/mol. The Morgan fingerprint density at radius 1 is 1.53 bits per heavy atom. The highest BCUT2D eigenvalue weighted by Crippen LogP contribution is 2.43. The van der Waals surface area contributed by atoms with Crippen LogP contribution in [-0.4, -0.2) is 28.5 Å². The molecule has 0 spiro atoms. The number of carbonyl (C=O) groups is 2. The molecule has 0 aromatic carbocycles. The third-order valence-corrected chi connectivity index (χ3v) is 4.77. The van der Waals surface area contributed by atoms with Crippen LogP contribution in [0.3, 0.4) is 0 Å². The van der Waals surface area contributed by atoms with Gasteiger partial charge in [0.25, 0.3) is 0 Å². The average molecular weight is 282 g/mol. The number of hydrogen-bond acceptors (Lipinski definition) is 4. The number of aromatic nitrogens is 1. The number of carboxylic acids is 1. The molecule has 1 aliphatic rings. The second-order valence-corrected chi connectivity index (χ2v) is 5.87. The lowest BCUT2D eigenvalue weighted by atomic mass is 9.66. The fourth-order valence-electron chi connectivity index (χ4n) is 2.34. The lowest BCUT2D eigenvalue weighted by Gasteiger charge is -2.39. The summed E-state index contributed by atoms with van der Waals surface area (Å²) in [6.45, 7) is 2.58. The number of carboxylic acid groups (broad SMARTS) is 1. The molecule has 2 N–H and O–H groups in total. The highest BCUT2D eigenvalue weighted by molar-refractivity contribution is 7.09. The molecule has 6 heteroatoms. The minimum Gasteiger partial charge on any atom is -0.476 e. The van der Waals surface area contributed by atoms with Crippen LogP contribution in [0.15, 0.2) is 5.38 Å². The summed E-state index contributed by atoms with van der Waals surface area (Å²) >= 11 is 1.32. The molecule has 1 amide bonds. The van der Waals surface area contributed by atoms with E-state index in [-0.39, 0.29) is 17.0 Å². The molecule has 0 atom stereocenters. The molecule has 19 heavy (non-hydrogen) atoms. The SMILES string of the molecule is CCC1(C(=O)NCCc2nc(C(=O)O)cs2)CCC1. The molecule has 1 fully saturated rings. The van der Waals surface area contributed by atoms with Crippen molar-refractivity contribution in [3.8, 4) is 0 Å². The third-order valence-electron chi connectivity index (χ3n) is 3.86. The first kappa shape index (κ1) is 14.0. The maximum atomic E-state index is 12.1. The summed E-state index contributed by atoms with van der Waals surface area (Å²) in [5.74, 6) is -0.873. The molecular weight excluding hydrogens is 264 g/mol. The van der Waals surface area contributed by atoms with Gasteiger partial charge in [0.05, 0.1) is 5.01 Å². The maximum absolute atomic E-state index is 12.1. The molecule has 0 aliphatic heterocycles. The summed E-state index contributed by atoms with van der Waals surface area (Å²) < 4.78 is 0. The molecule has 104 valence electrons. The number of thiazole rings is 1. The summed E-state index contributed by atoms with van der Waals surface area (Å²) in [6.07, 6.45) is 4.57. The van der Waals surface area contributed by atoms with E-state index in [2.05, 4.69) is 17.2 Å². The number of nitrogens with one attached hydrogen (secondary N) is 1. The van der Waals surface area contributed by atoms with Crippen LogP contribution >= 0.6 is 11.3 Å². The van der Waals surface area contributed by atoms with Crippen LogP contribution in [0.4, 0.5) is 0 Å². The van der Waals surface area contributed by atoms with E-state index in [1.54, 1.807) is 0 Å². The van der Waals surface area contributed by atoms with E-state index in [9.17, 15) is 9.59 Å². The number of rotatable bonds is 6. The van der Waals surface area contributed by atoms with Crippen LogP contribution < -0.4 is 5.32 Å². The molecule has 0 unspecified atom stereocenters. The summed E-state index contributed by atoms with van der Waals surface area (Å²) in [5.41, 5.74) is -0.0647. The quantitative estimate of drug-likeness (QED) is 0.837. The molecular formula is C13H18N2O3S. The first-order chi connectivity index (χ1) is 9.07. The van der Waals surface area contributed by atoms with Crippen molar-refractivity contribution in [1.82, 2.24) is 10.3 Å². The molecule has 1 aliphatic carbocycles. The second kappa shape index (κ2) is 5.69. The topological polar surface area (TPSA) is 79.3 Å². The van der Waals surface area contributed by atoms with Crippen LogP contribution in [0.1, 0.15) is 48.1 Å². The van der Waals surface area contributed by atoms with Crippen molar-refractivity contribution in [3.05, 3.63) is 16.1 Å². The number of nitrogens with zero attached hydrogens (tertiary/aromatic N) is 1. The van der Waals surface area contributed by atoms with Crippen LogP contribution in [0, 0.1) is 5.41 Å². The fraction of sp³-hybridized carbons (Fsp3) is 0.615. The highest BCUT2D eigenvalue weighted by Gasteiger charge is 2.41. The molecule has 1 aromatic heterocycles. The van der Waals surface area contributed by atoms with Gasteiger partial charge in [-0.05, 0) is 19.3 Å². The van der Waals surface area contributed by atoms with Crippen molar-refractivity contribution in [2.75, 3.05) is 6.54 Å². The zero-order chi connectivity index (χ0) is 13.9. The molecule has 0 bridgehead atoms. The van der Waals surface area contributed by atoms with Gasteiger partial charge < -0.3 is 10.4 Å². The lowest BCUT2D eigenvalue weighted by Crippen LogP contribution is -2.45. The molecule has 0 saturated heterocycles. The predicted molar refractivity (Wildman–Crippen MR) is 72.4 cm³/mol. The minimum absolute atomic E-state index is 0.0790. The Kier molecular flexibility index (Phi) is 4.19. The average Bonchev–Trinajstić information content (AvgIpc) is 2.77. The standard InChI is InChI=1S/C13H18N2O3S/c1-2-13(5-3-6-13)12(18)14-7-4-10-15-9(8-19-10)11(16)17/h8H,2-7H2,1H3,(H,14,18)(H,16,17). The van der Waals surface area contributed by atoms with Crippen molar-refractivity contribution in [2.24, 2.45) is 5.41 Å². The number of amides is 1. The van der Waals surface area contributed by atoms with E-state index in [4.69, 9.17) is 5.11 Å². The molecule has 2 rings (SSSR count). The van der Waals surface area contributed by atoms with Gasteiger partial charge in [-0.3, -0.25) is 4.79 Å². The number of hydrogen-bond donors (Lipinski definition) is 2. The Hall–Kier alpha value is -1.43. The highest BCUT2D eigenvalue weighted by atomic mass is 32.1. The van der Waals surface area contributed by atoms with Crippen molar-refractivity contribution < 1.29 is 14.7 Å². The first-order valence-electron chi connectivity index (χ1n) is 6.53. The van der Waals surface area contributed by atoms with Crippen LogP contribution in [-0.2, 0) is 11.2 Å². The van der Waals surface area contributed by atoms with Crippen LogP contribution in [0.25, 0.3) is 0 Å². The molecule has 0 radical (unpaired) electrons. The van der Waals surface area contributed by atoms with Gasteiger partial charge >= 0.3 is 5.97 Å². The van der Waals surface area contributed by atoms with Crippen molar-refractivity contribution in [3.63, 3.8) is 0 Å². The second-order valence-electron chi connectivity index (χ2n) is 4.92. The number of carbonyl (C=O) groups excluding carboxylic acids is 1. The Balaban J connectivity index is 1.79. The Morgan fingerprint density at radius 2 is 2.26 bits per heavy atom. The third kappa shape index (κ3) is 2.94. The van der Waals surface area contributed by atoms with Gasteiger partial charge in [0.2, 0.25) is 5.91 Å². The van der Waals surface area contributed by atoms with Gasteiger partial charge in [-0.15, -0.1) is 11.3 Å². The van der Waals surface area contributed by atoms with Crippen molar-refractivity contribution in [2.45, 2.75) is 39.0 Å². The smallest absolute Gasteiger partial charge is 0.355 e. The van der Waals surface area contributed by atoms with E-state index >= 15 is 0 Å². The van der Waals surface area contributed by atoms with E-state index in [0.717, 1.165) is 30.7 Å². The van der Waals surface area contributed by atoms with Crippen molar-refractivity contribution in [1.29, 1.82) is 0 Å². The van der Waals surface area contributed by atoms with Crippen molar-refractivity contribution >= 4 is 23.2 Å². The summed E-state index contributed by atoms with van der Waals surface area (Å²) in [4.78, 5) is 26.7. The Morgan fingerprint density at radius 3 is 2.74 bits per heavy atom. The largest absolute Gasteiger partial charge is 0.476 e. The van der Waals surface area contributed by atoms with Gasteiger partial charge in [-0.1, -0.05) is 13.3 Å². The summed E-state index contributed by atoms with van der Waals surface area (Å²) in [5, 5.41) is 14.0. The summed E-state index contributed by atoms with van der Waals surface area (Å²) in [6, 6.07) is 0. The predicted octanol–water partition coefficient (Wildman–Crippen LogP) is 2.08. The first-order valence-corrected chi connectivity index (χ1v) is 7.41. The molecule has 5 nitrogen and oxygen atoms in total. The molecule has 1 heterocycles. The molecule has 1 saturated carbocycles. The Labute approximate surface area is 116 Å². The van der Waals surface area contributed by atoms with E-state index < -0.39 is 5.97 Å². The van der Waals surface area contributed by atoms with E-state index in [1.165, 1.54) is 16.7 Å². The van der Waals surface area contributed by atoms with Gasteiger partial charge in [0, 0.05) is 23.8 Å². The Bertz CT molecular complexity index is 474. The normalized spacial score (nSPS) is 16.7. The minimum atomic E-state index is -1.01. The van der Waals surface area contributed by atoms with Gasteiger partial charge in [0.1, 0.15) is 0 Å². The van der Waals surface area contributed by atoms with E-state index in [1.807, 2.05) is 0 Å². The van der Waals surface area contributed by atoms with Gasteiger partial charge in [0.15, 0.2) is 5.69 Å². The fourth-order valence-corrected chi connectivity index (χ4v) is 3.11. The van der Waals surface area contributed by atoms with E-state index in [0.29, 0.717) is 13.0 Å². The zero-order valence-electron chi connectivity index (χ0n) is 10.9. The lowest BCUT2D eigenvalue weighted by molar-refractivity contribution is -0.136. The maximum Gasteiger partial charge on any atom is 0.355 e. The van der Waals surface area contributed by atoms with Crippen LogP contribution in [0.5, 0.6) is 0 Å². The summed E-state index contributed by atoms with van der Waals surface area (Å²) in [7, 11) is 0. The van der Waals surface area contributed by atoms with Gasteiger partial charge in [-0.2, -0.15) is 0 Å². The van der Waals surface area contributed by atoms with Gasteiger partial charge in [-0.25, -0.2) is 9.78 Å². The van der Waals surface area contributed by atoms with Crippen LogP contribution in [0.2, 0.25) is 0 Å². The number of aromatic carboxylic acids is 1.